The molecule has 0 aliphatic rings. The van der Waals surface area contributed by atoms with Gasteiger partial charge in [-0.3, -0.25) is 4.89 Å². The third-order valence-corrected chi connectivity index (χ3v) is 2.62. The predicted molar refractivity (Wildman–Crippen MR) is 73.9 cm³/mol. The van der Waals surface area contributed by atoms with E-state index in [0.717, 1.165) is 0 Å². The molecule has 7 heteroatoms. The van der Waals surface area contributed by atoms with E-state index in [1.165, 1.54) is 40.6 Å². The first-order chi connectivity index (χ1) is 10.1. The summed E-state index contributed by atoms with van der Waals surface area (Å²) in [4.78, 5) is 21.7. The van der Waals surface area contributed by atoms with Gasteiger partial charge in [-0.2, -0.15) is 4.89 Å². The van der Waals surface area contributed by atoms with E-state index in [4.69, 9.17) is 28.7 Å². The van der Waals surface area contributed by atoms with Crippen molar-refractivity contribution in [3.05, 3.63) is 17.7 Å². The predicted octanol–water partition coefficient (Wildman–Crippen LogP) is 1.84. The van der Waals surface area contributed by atoms with Gasteiger partial charge in [0.25, 0.3) is 0 Å². The Kier molecular flexibility index (Phi) is 6.77. The molecule has 21 heavy (non-hydrogen) atoms. The zero-order valence-corrected chi connectivity index (χ0v) is 12.8. The minimum absolute atomic E-state index is 0.166. The molecule has 0 aliphatic heterocycles. The molecule has 0 saturated heterocycles. The van der Waals surface area contributed by atoms with Crippen molar-refractivity contribution in [3.63, 3.8) is 0 Å². The molecule has 0 aromatic heterocycles. The van der Waals surface area contributed by atoms with Crippen LogP contribution in [0, 0.1) is 0 Å². The Labute approximate surface area is 123 Å². The van der Waals surface area contributed by atoms with Crippen LogP contribution in [-0.4, -0.2) is 47.1 Å². The molecule has 7 nitrogen and oxygen atoms in total. The molecular weight excluding hydrogens is 280 g/mol. The Morgan fingerprint density at radius 1 is 1.00 bits per heavy atom. The first-order valence-corrected chi connectivity index (χ1v) is 6.23. The van der Waals surface area contributed by atoms with E-state index in [1.54, 1.807) is 6.92 Å². The normalized spacial score (nSPS) is 11.7. The second-order valence-corrected chi connectivity index (χ2v) is 4.14. The third-order valence-electron chi connectivity index (χ3n) is 2.62. The van der Waals surface area contributed by atoms with Gasteiger partial charge in [0.15, 0.2) is 11.5 Å². The number of benzene rings is 1. The van der Waals surface area contributed by atoms with Gasteiger partial charge in [0.05, 0.1) is 27.9 Å². The average molecular weight is 300 g/mol. The summed E-state index contributed by atoms with van der Waals surface area (Å²) in [5.74, 6) is 0.422. The van der Waals surface area contributed by atoms with Crippen LogP contribution in [0.15, 0.2) is 12.1 Å². The molecule has 0 aliphatic carbocycles. The molecule has 0 radical (unpaired) electrons. The van der Waals surface area contributed by atoms with Gasteiger partial charge in [-0.25, -0.2) is 4.79 Å². The van der Waals surface area contributed by atoms with Gasteiger partial charge in [0.2, 0.25) is 0 Å². The Morgan fingerprint density at radius 2 is 1.57 bits per heavy atom. The fourth-order valence-corrected chi connectivity index (χ4v) is 1.62. The minimum atomic E-state index is -0.698. The molecule has 0 N–H and O–H groups in total. The van der Waals surface area contributed by atoms with E-state index in [-0.39, 0.29) is 11.7 Å². The standard InChI is InChI=1S/C14H20O7/c1-9(8-16-2)20-21-14(15)10-6-12(18-4)13(19-5)7-11(10)17-3/h6-7,9H,8H2,1-5H3. The van der Waals surface area contributed by atoms with Crippen molar-refractivity contribution in [3.8, 4) is 17.2 Å². The fourth-order valence-electron chi connectivity index (χ4n) is 1.62. The summed E-state index contributed by atoms with van der Waals surface area (Å²) < 4.78 is 20.3. The van der Waals surface area contributed by atoms with Crippen molar-refractivity contribution in [1.82, 2.24) is 0 Å². The van der Waals surface area contributed by atoms with E-state index < -0.39 is 5.97 Å². The lowest BCUT2D eigenvalue weighted by Gasteiger charge is -2.14. The molecule has 1 atom stereocenters. The number of rotatable bonds is 8. The molecule has 1 aromatic carbocycles. The molecular formula is C14H20O7. The van der Waals surface area contributed by atoms with Crippen molar-refractivity contribution in [2.75, 3.05) is 35.0 Å². The molecule has 0 spiro atoms. The quantitative estimate of drug-likeness (QED) is 0.535. The largest absolute Gasteiger partial charge is 0.496 e. The molecule has 0 bridgehead atoms. The summed E-state index contributed by atoms with van der Waals surface area (Å²) in [7, 11) is 5.92. The van der Waals surface area contributed by atoms with E-state index in [2.05, 4.69) is 0 Å². The smallest absolute Gasteiger partial charge is 0.376 e. The van der Waals surface area contributed by atoms with Crippen LogP contribution in [0.1, 0.15) is 17.3 Å². The van der Waals surface area contributed by atoms with Crippen LogP contribution in [0.5, 0.6) is 17.2 Å². The molecule has 0 heterocycles. The summed E-state index contributed by atoms with van der Waals surface area (Å²) in [5, 5.41) is 0. The zero-order valence-electron chi connectivity index (χ0n) is 12.8. The van der Waals surface area contributed by atoms with Gasteiger partial charge in [-0.05, 0) is 6.92 Å². The van der Waals surface area contributed by atoms with Gasteiger partial charge in [-0.15, -0.1) is 0 Å². The van der Waals surface area contributed by atoms with Crippen LogP contribution in [0.25, 0.3) is 0 Å². The fraction of sp³-hybridized carbons (Fsp3) is 0.500. The van der Waals surface area contributed by atoms with Crippen molar-refractivity contribution in [1.29, 1.82) is 0 Å². The van der Waals surface area contributed by atoms with E-state index >= 15 is 0 Å². The number of hydrogen-bond donors (Lipinski definition) is 0. The first kappa shape index (κ1) is 17.1. The lowest BCUT2D eigenvalue weighted by Crippen LogP contribution is -2.18. The van der Waals surface area contributed by atoms with Crippen molar-refractivity contribution >= 4 is 5.97 Å². The van der Waals surface area contributed by atoms with Crippen LogP contribution in [0.4, 0.5) is 0 Å². The van der Waals surface area contributed by atoms with Crippen molar-refractivity contribution in [2.24, 2.45) is 0 Å². The Hall–Kier alpha value is -1.99. The van der Waals surface area contributed by atoms with Crippen LogP contribution >= 0.6 is 0 Å². The SMILES string of the molecule is COCC(C)OOC(=O)c1cc(OC)c(OC)cc1OC. The Balaban J connectivity index is 2.92. The number of methoxy groups -OCH3 is 4. The molecule has 0 fully saturated rings. The van der Waals surface area contributed by atoms with Gasteiger partial charge >= 0.3 is 5.97 Å². The summed E-state index contributed by atoms with van der Waals surface area (Å²) in [6, 6.07) is 3.00. The maximum absolute atomic E-state index is 12.0. The third kappa shape index (κ3) is 4.51. The monoisotopic (exact) mass is 300 g/mol. The van der Waals surface area contributed by atoms with Crippen LogP contribution in [0.2, 0.25) is 0 Å². The molecule has 0 amide bonds. The van der Waals surface area contributed by atoms with Crippen LogP contribution < -0.4 is 14.2 Å². The lowest BCUT2D eigenvalue weighted by atomic mass is 10.1. The highest BCUT2D eigenvalue weighted by Gasteiger charge is 2.20. The molecule has 1 unspecified atom stereocenters. The molecule has 1 rings (SSSR count). The number of carbonyl (C=O) groups is 1. The van der Waals surface area contributed by atoms with E-state index in [0.29, 0.717) is 23.9 Å². The highest BCUT2D eigenvalue weighted by atomic mass is 17.2. The summed E-state index contributed by atoms with van der Waals surface area (Å²) in [6.45, 7) is 2.01. The van der Waals surface area contributed by atoms with Gasteiger partial charge < -0.3 is 18.9 Å². The van der Waals surface area contributed by atoms with Crippen molar-refractivity contribution < 1.29 is 33.5 Å². The van der Waals surface area contributed by atoms with Crippen LogP contribution in [0.3, 0.4) is 0 Å². The first-order valence-electron chi connectivity index (χ1n) is 6.23. The van der Waals surface area contributed by atoms with Gasteiger partial charge in [-0.1, -0.05) is 0 Å². The average Bonchev–Trinajstić information content (AvgIpc) is 2.51. The second-order valence-electron chi connectivity index (χ2n) is 4.14. The van der Waals surface area contributed by atoms with E-state index in [1.807, 2.05) is 0 Å². The number of hydrogen-bond acceptors (Lipinski definition) is 7. The molecule has 0 saturated carbocycles. The molecule has 1 aromatic rings. The number of ether oxygens (including phenoxy) is 4. The maximum atomic E-state index is 12.0. The summed E-state index contributed by atoms with van der Waals surface area (Å²) in [5.41, 5.74) is 0.166. The highest BCUT2D eigenvalue weighted by Crippen LogP contribution is 2.34. The lowest BCUT2D eigenvalue weighted by molar-refractivity contribution is -0.276. The number of carbonyl (C=O) groups excluding carboxylic acids is 1. The second kappa shape index (κ2) is 8.33. The maximum Gasteiger partial charge on any atom is 0.376 e. The van der Waals surface area contributed by atoms with Crippen LogP contribution in [-0.2, 0) is 14.5 Å². The summed E-state index contributed by atoms with van der Waals surface area (Å²) in [6.07, 6.45) is -0.384. The molecule has 118 valence electrons. The summed E-state index contributed by atoms with van der Waals surface area (Å²) >= 11 is 0. The topological polar surface area (TPSA) is 72.5 Å². The minimum Gasteiger partial charge on any atom is -0.496 e. The van der Waals surface area contributed by atoms with Gasteiger partial charge in [0, 0.05) is 19.2 Å². The Morgan fingerprint density at radius 3 is 2.10 bits per heavy atom. The van der Waals surface area contributed by atoms with Crippen molar-refractivity contribution in [2.45, 2.75) is 13.0 Å². The highest BCUT2D eigenvalue weighted by molar-refractivity contribution is 5.93. The van der Waals surface area contributed by atoms with Gasteiger partial charge in [0.1, 0.15) is 17.4 Å². The zero-order chi connectivity index (χ0) is 15.8. The van der Waals surface area contributed by atoms with E-state index in [9.17, 15) is 4.79 Å². The Bertz CT molecular complexity index is 473.